The Kier molecular flexibility index (Phi) is 12.9. The third kappa shape index (κ3) is 11.5. The van der Waals surface area contributed by atoms with Crippen LogP contribution in [0.1, 0.15) is 84.0 Å². The molecule has 0 saturated carbocycles. The van der Waals surface area contributed by atoms with Gasteiger partial charge in [-0.2, -0.15) is 0 Å². The van der Waals surface area contributed by atoms with E-state index in [0.717, 1.165) is 12.8 Å². The van der Waals surface area contributed by atoms with Crippen LogP contribution in [-0.2, 0) is 9.59 Å². The highest BCUT2D eigenvalue weighted by Gasteiger charge is 2.22. The van der Waals surface area contributed by atoms with Gasteiger partial charge < -0.3 is 16.6 Å². The maximum absolute atomic E-state index is 11.3. The van der Waals surface area contributed by atoms with Crippen LogP contribution in [0.25, 0.3) is 0 Å². The number of carboxylic acid groups (broad SMARTS) is 1. The second kappa shape index (κ2) is 13.6. The van der Waals surface area contributed by atoms with E-state index in [1.54, 1.807) is 0 Å². The summed E-state index contributed by atoms with van der Waals surface area (Å²) >= 11 is 0. The Morgan fingerprint density at radius 2 is 1.36 bits per heavy atom. The van der Waals surface area contributed by atoms with Crippen molar-refractivity contribution in [1.29, 1.82) is 0 Å². The van der Waals surface area contributed by atoms with Gasteiger partial charge in [-0.05, 0) is 12.8 Å². The van der Waals surface area contributed by atoms with Gasteiger partial charge in [0.2, 0.25) is 5.91 Å². The third-order valence-electron chi connectivity index (χ3n) is 4.16. The number of nitrogens with two attached hydrogens (primary N) is 2. The zero-order chi connectivity index (χ0) is 16.8. The number of hydrogen-bond donors (Lipinski definition) is 3. The van der Waals surface area contributed by atoms with E-state index in [-0.39, 0.29) is 6.42 Å². The lowest BCUT2D eigenvalue weighted by Gasteiger charge is -2.15. The van der Waals surface area contributed by atoms with Crippen LogP contribution in [0.3, 0.4) is 0 Å². The van der Waals surface area contributed by atoms with Crippen LogP contribution >= 0.6 is 0 Å². The molecule has 5 N–H and O–H groups in total. The largest absolute Gasteiger partial charge is 0.480 e. The molecule has 0 bridgehead atoms. The van der Waals surface area contributed by atoms with E-state index in [9.17, 15) is 9.59 Å². The molecule has 0 aliphatic carbocycles. The molecule has 1 amide bonds. The molecular weight excluding hydrogens is 280 g/mol. The molecule has 0 aliphatic rings. The summed E-state index contributed by atoms with van der Waals surface area (Å²) in [6.07, 6.45) is 13.1. The molecule has 0 aromatic heterocycles. The Labute approximate surface area is 134 Å². The summed E-state index contributed by atoms with van der Waals surface area (Å²) in [5.41, 5.74) is 10.8. The highest BCUT2D eigenvalue weighted by Crippen LogP contribution is 2.17. The van der Waals surface area contributed by atoms with E-state index < -0.39 is 23.8 Å². The average Bonchev–Trinajstić information content (AvgIpc) is 2.47. The predicted molar refractivity (Wildman–Crippen MR) is 89.4 cm³/mol. The van der Waals surface area contributed by atoms with Crippen LogP contribution in [0.15, 0.2) is 0 Å². The summed E-state index contributed by atoms with van der Waals surface area (Å²) < 4.78 is 0. The normalized spacial score (nSPS) is 13.7. The summed E-state index contributed by atoms with van der Waals surface area (Å²) in [5, 5.41) is 8.78. The van der Waals surface area contributed by atoms with E-state index in [2.05, 4.69) is 6.92 Å². The van der Waals surface area contributed by atoms with Crippen LogP contribution < -0.4 is 11.5 Å². The zero-order valence-corrected chi connectivity index (χ0v) is 14.1. The molecule has 0 fully saturated rings. The zero-order valence-electron chi connectivity index (χ0n) is 14.1. The van der Waals surface area contributed by atoms with Gasteiger partial charge in [-0.3, -0.25) is 9.59 Å². The Morgan fingerprint density at radius 1 is 0.909 bits per heavy atom. The van der Waals surface area contributed by atoms with Crippen molar-refractivity contribution in [2.24, 2.45) is 17.4 Å². The number of carbonyl (C=O) groups is 2. The molecule has 0 rings (SSSR count). The molecule has 22 heavy (non-hydrogen) atoms. The highest BCUT2D eigenvalue weighted by atomic mass is 16.4. The minimum Gasteiger partial charge on any atom is -0.480 e. The lowest BCUT2D eigenvalue weighted by Crippen LogP contribution is -2.36. The first kappa shape index (κ1) is 20.9. The van der Waals surface area contributed by atoms with Gasteiger partial charge in [0, 0.05) is 5.92 Å². The quantitative estimate of drug-likeness (QED) is 0.403. The molecule has 0 spiro atoms. The summed E-state index contributed by atoms with van der Waals surface area (Å²) in [6, 6.07) is -0.999. The number of rotatable bonds is 15. The highest BCUT2D eigenvalue weighted by molar-refractivity contribution is 5.79. The molecule has 0 radical (unpaired) electrons. The standard InChI is InChI=1S/C17H34N2O3/c1-2-3-4-5-6-7-8-9-10-11-12-14(16(19)20)13-15(18)17(21)22/h14-15H,2-13,18H2,1H3,(H2,19,20)(H,21,22)/t14?,15-/m0/s1. The second-order valence-corrected chi connectivity index (χ2v) is 6.25. The van der Waals surface area contributed by atoms with Crippen LogP contribution in [0, 0.1) is 5.92 Å². The number of carboxylic acids is 1. The summed E-state index contributed by atoms with van der Waals surface area (Å²) in [6.45, 7) is 2.22. The van der Waals surface area contributed by atoms with Crippen molar-refractivity contribution < 1.29 is 14.7 Å². The summed E-state index contributed by atoms with van der Waals surface area (Å²) in [4.78, 5) is 22.0. The van der Waals surface area contributed by atoms with Crippen LogP contribution in [0.2, 0.25) is 0 Å². The van der Waals surface area contributed by atoms with Gasteiger partial charge in [-0.15, -0.1) is 0 Å². The minimum atomic E-state index is -1.07. The lowest BCUT2D eigenvalue weighted by molar-refractivity contribution is -0.139. The Bertz CT molecular complexity index is 308. The van der Waals surface area contributed by atoms with E-state index in [1.807, 2.05) is 0 Å². The maximum Gasteiger partial charge on any atom is 0.320 e. The molecule has 0 aromatic carbocycles. The molecule has 2 atom stereocenters. The fourth-order valence-electron chi connectivity index (χ4n) is 2.66. The first-order valence-electron chi connectivity index (χ1n) is 8.76. The Morgan fingerprint density at radius 3 is 1.77 bits per heavy atom. The van der Waals surface area contributed by atoms with Gasteiger partial charge in [0.05, 0.1) is 0 Å². The Hall–Kier alpha value is -1.10. The van der Waals surface area contributed by atoms with E-state index in [0.29, 0.717) is 6.42 Å². The third-order valence-corrected chi connectivity index (χ3v) is 4.16. The van der Waals surface area contributed by atoms with Gasteiger partial charge >= 0.3 is 5.97 Å². The van der Waals surface area contributed by atoms with Crippen molar-refractivity contribution in [2.75, 3.05) is 0 Å². The lowest BCUT2D eigenvalue weighted by atomic mass is 9.93. The first-order valence-corrected chi connectivity index (χ1v) is 8.76. The number of hydrogen-bond acceptors (Lipinski definition) is 3. The van der Waals surface area contributed by atoms with Crippen LogP contribution in [0.5, 0.6) is 0 Å². The van der Waals surface area contributed by atoms with Gasteiger partial charge in [-0.1, -0.05) is 71.1 Å². The number of carbonyl (C=O) groups excluding carboxylic acids is 1. The Balaban J connectivity index is 3.61. The molecule has 130 valence electrons. The number of amides is 1. The van der Waals surface area contributed by atoms with E-state index >= 15 is 0 Å². The van der Waals surface area contributed by atoms with Gasteiger partial charge in [-0.25, -0.2) is 0 Å². The van der Waals surface area contributed by atoms with Gasteiger partial charge in [0.25, 0.3) is 0 Å². The molecule has 0 saturated heterocycles. The number of primary amides is 1. The van der Waals surface area contributed by atoms with Crippen molar-refractivity contribution in [3.63, 3.8) is 0 Å². The fourth-order valence-corrected chi connectivity index (χ4v) is 2.66. The van der Waals surface area contributed by atoms with E-state index in [4.69, 9.17) is 16.6 Å². The van der Waals surface area contributed by atoms with Crippen molar-refractivity contribution in [3.05, 3.63) is 0 Å². The van der Waals surface area contributed by atoms with Gasteiger partial charge in [0.1, 0.15) is 6.04 Å². The number of aliphatic carboxylic acids is 1. The first-order chi connectivity index (χ1) is 10.5. The predicted octanol–water partition coefficient (Wildman–Crippen LogP) is 3.20. The molecule has 0 aromatic rings. The molecular formula is C17H34N2O3. The van der Waals surface area contributed by atoms with Crippen LogP contribution in [-0.4, -0.2) is 23.0 Å². The smallest absolute Gasteiger partial charge is 0.320 e. The van der Waals surface area contributed by atoms with Crippen molar-refractivity contribution >= 4 is 11.9 Å². The second-order valence-electron chi connectivity index (χ2n) is 6.25. The monoisotopic (exact) mass is 314 g/mol. The van der Waals surface area contributed by atoms with Gasteiger partial charge in [0.15, 0.2) is 0 Å². The molecule has 0 aliphatic heterocycles. The van der Waals surface area contributed by atoms with Crippen molar-refractivity contribution in [2.45, 2.75) is 90.0 Å². The molecule has 5 heteroatoms. The van der Waals surface area contributed by atoms with Crippen LogP contribution in [0.4, 0.5) is 0 Å². The minimum absolute atomic E-state index is 0.141. The summed E-state index contributed by atoms with van der Waals surface area (Å²) in [7, 11) is 0. The van der Waals surface area contributed by atoms with Crippen molar-refractivity contribution in [3.8, 4) is 0 Å². The fraction of sp³-hybridized carbons (Fsp3) is 0.882. The topological polar surface area (TPSA) is 106 Å². The maximum atomic E-state index is 11.3. The average molecular weight is 314 g/mol. The number of unbranched alkanes of at least 4 members (excludes halogenated alkanes) is 9. The van der Waals surface area contributed by atoms with E-state index in [1.165, 1.54) is 51.4 Å². The molecule has 5 nitrogen and oxygen atoms in total. The molecule has 1 unspecified atom stereocenters. The molecule has 0 heterocycles. The van der Waals surface area contributed by atoms with Crippen molar-refractivity contribution in [1.82, 2.24) is 0 Å². The summed E-state index contributed by atoms with van der Waals surface area (Å²) in [5.74, 6) is -1.93. The SMILES string of the molecule is CCCCCCCCCCCCC(C[C@H](N)C(=O)O)C(N)=O.